The molecule has 0 saturated carbocycles. The Morgan fingerprint density at radius 1 is 0.897 bits per heavy atom. The third-order valence-electron chi connectivity index (χ3n) is 8.36. The minimum Gasteiger partial charge on any atom is -0.465 e. The van der Waals surface area contributed by atoms with E-state index in [1.54, 1.807) is 0 Å². The van der Waals surface area contributed by atoms with Crippen molar-refractivity contribution in [2.75, 3.05) is 19.7 Å². The van der Waals surface area contributed by atoms with E-state index in [-0.39, 0.29) is 11.9 Å². The number of likely N-dealkylation sites (tertiary alicyclic amines) is 1. The molecule has 0 spiro atoms. The van der Waals surface area contributed by atoms with Gasteiger partial charge in [0, 0.05) is 13.1 Å². The second-order valence-electron chi connectivity index (χ2n) is 11.2. The standard InChI is InChI=1S/C34H43NO4/c1-4-39-32(37)33(2,3)27-20-18-26(19-21-27)12-11-17-31(36)35-24-22-30(23-25-35)34(38,28-13-7-5-8-14-28)29-15-9-6-10-16-29/h5-10,13-16,18-21,30-31,36,38H,4,11-12,17,22-25H2,1-3H3. The summed E-state index contributed by atoms with van der Waals surface area (Å²) >= 11 is 0. The fourth-order valence-electron chi connectivity index (χ4n) is 5.83. The Morgan fingerprint density at radius 2 is 1.44 bits per heavy atom. The second kappa shape index (κ2) is 12.9. The van der Waals surface area contributed by atoms with E-state index in [1.807, 2.05) is 93.6 Å². The first-order valence-electron chi connectivity index (χ1n) is 14.3. The van der Waals surface area contributed by atoms with Crippen LogP contribution < -0.4 is 0 Å². The molecular weight excluding hydrogens is 486 g/mol. The molecule has 3 aromatic carbocycles. The van der Waals surface area contributed by atoms with Gasteiger partial charge in [-0.1, -0.05) is 84.9 Å². The van der Waals surface area contributed by atoms with Crippen molar-refractivity contribution in [3.8, 4) is 0 Å². The first kappa shape index (κ1) is 29.0. The number of rotatable bonds is 11. The van der Waals surface area contributed by atoms with Gasteiger partial charge in [-0.15, -0.1) is 0 Å². The van der Waals surface area contributed by atoms with E-state index in [4.69, 9.17) is 4.74 Å². The van der Waals surface area contributed by atoms with Crippen LogP contribution in [0.3, 0.4) is 0 Å². The third kappa shape index (κ3) is 6.60. The van der Waals surface area contributed by atoms with Crippen LogP contribution in [0, 0.1) is 5.92 Å². The summed E-state index contributed by atoms with van der Waals surface area (Å²) in [5, 5.41) is 23.0. The predicted octanol–water partition coefficient (Wildman–Crippen LogP) is 5.82. The molecule has 1 atom stereocenters. The lowest BCUT2D eigenvalue weighted by molar-refractivity contribution is -0.148. The lowest BCUT2D eigenvalue weighted by atomic mass is 9.72. The van der Waals surface area contributed by atoms with Crippen molar-refractivity contribution >= 4 is 5.97 Å². The van der Waals surface area contributed by atoms with Crippen LogP contribution in [0.4, 0.5) is 0 Å². The van der Waals surface area contributed by atoms with Crippen LogP contribution >= 0.6 is 0 Å². The fourth-order valence-corrected chi connectivity index (χ4v) is 5.83. The highest BCUT2D eigenvalue weighted by molar-refractivity contribution is 5.82. The highest BCUT2D eigenvalue weighted by Crippen LogP contribution is 2.42. The van der Waals surface area contributed by atoms with Crippen LogP contribution in [0.2, 0.25) is 0 Å². The van der Waals surface area contributed by atoms with Crippen LogP contribution in [0.15, 0.2) is 84.9 Å². The Labute approximate surface area is 233 Å². The van der Waals surface area contributed by atoms with Gasteiger partial charge in [0.15, 0.2) is 0 Å². The Bertz CT molecular complexity index is 1130. The maximum atomic E-state index is 12.3. The quantitative estimate of drug-likeness (QED) is 0.307. The lowest BCUT2D eigenvalue weighted by Crippen LogP contribution is -2.47. The number of esters is 1. The third-order valence-corrected chi connectivity index (χ3v) is 8.36. The summed E-state index contributed by atoms with van der Waals surface area (Å²) in [6.45, 7) is 7.49. The monoisotopic (exact) mass is 529 g/mol. The van der Waals surface area contributed by atoms with Gasteiger partial charge in [0.05, 0.1) is 12.0 Å². The molecule has 0 amide bonds. The highest BCUT2D eigenvalue weighted by atomic mass is 16.5. The number of hydrogen-bond acceptors (Lipinski definition) is 5. The van der Waals surface area contributed by atoms with Crippen molar-refractivity contribution in [2.45, 2.75) is 70.1 Å². The van der Waals surface area contributed by atoms with Gasteiger partial charge >= 0.3 is 5.97 Å². The van der Waals surface area contributed by atoms with Crippen molar-refractivity contribution in [1.82, 2.24) is 4.90 Å². The second-order valence-corrected chi connectivity index (χ2v) is 11.2. The van der Waals surface area contributed by atoms with Gasteiger partial charge < -0.3 is 14.9 Å². The average molecular weight is 530 g/mol. The topological polar surface area (TPSA) is 70.0 Å². The Hall–Kier alpha value is -2.99. The molecule has 1 fully saturated rings. The number of piperidine rings is 1. The molecular formula is C34H43NO4. The van der Waals surface area contributed by atoms with E-state index in [2.05, 4.69) is 17.0 Å². The molecule has 1 saturated heterocycles. The number of benzene rings is 3. The van der Waals surface area contributed by atoms with Crippen LogP contribution in [0.25, 0.3) is 0 Å². The van der Waals surface area contributed by atoms with Gasteiger partial charge in [0.1, 0.15) is 11.8 Å². The maximum Gasteiger partial charge on any atom is 0.315 e. The van der Waals surface area contributed by atoms with Crippen LogP contribution in [-0.2, 0) is 27.0 Å². The van der Waals surface area contributed by atoms with E-state index in [1.165, 1.54) is 5.56 Å². The summed E-state index contributed by atoms with van der Waals surface area (Å²) in [6, 6.07) is 28.1. The summed E-state index contributed by atoms with van der Waals surface area (Å²) in [5.41, 5.74) is 2.26. The molecule has 0 aromatic heterocycles. The molecule has 4 rings (SSSR count). The number of hydrogen-bond donors (Lipinski definition) is 2. The number of carbonyl (C=O) groups is 1. The molecule has 39 heavy (non-hydrogen) atoms. The van der Waals surface area contributed by atoms with Crippen LogP contribution in [-0.4, -0.2) is 47.0 Å². The first-order valence-corrected chi connectivity index (χ1v) is 14.3. The predicted molar refractivity (Wildman–Crippen MR) is 155 cm³/mol. The molecule has 0 aliphatic carbocycles. The Morgan fingerprint density at radius 3 is 1.95 bits per heavy atom. The summed E-state index contributed by atoms with van der Waals surface area (Å²) in [7, 11) is 0. The average Bonchev–Trinajstić information content (AvgIpc) is 2.98. The van der Waals surface area contributed by atoms with Gasteiger partial charge in [-0.2, -0.15) is 0 Å². The molecule has 3 aromatic rings. The summed E-state index contributed by atoms with van der Waals surface area (Å²) in [5.74, 6) is -0.140. The van der Waals surface area contributed by atoms with Crippen LogP contribution in [0.5, 0.6) is 0 Å². The number of nitrogens with zero attached hydrogens (tertiary/aromatic N) is 1. The van der Waals surface area contributed by atoms with Crippen molar-refractivity contribution in [2.24, 2.45) is 5.92 Å². The van der Waals surface area contributed by atoms with Crippen molar-refractivity contribution in [3.63, 3.8) is 0 Å². The number of aliphatic hydroxyl groups is 2. The maximum absolute atomic E-state index is 12.3. The molecule has 5 heteroatoms. The largest absolute Gasteiger partial charge is 0.465 e. The van der Waals surface area contributed by atoms with Gasteiger partial charge in [0.2, 0.25) is 0 Å². The minimum atomic E-state index is -1.05. The van der Waals surface area contributed by atoms with E-state index in [9.17, 15) is 15.0 Å². The molecule has 0 bridgehead atoms. The molecule has 1 unspecified atom stereocenters. The van der Waals surface area contributed by atoms with Crippen LogP contribution in [0.1, 0.15) is 68.7 Å². The molecule has 1 heterocycles. The van der Waals surface area contributed by atoms with E-state index in [0.29, 0.717) is 13.0 Å². The zero-order valence-electron chi connectivity index (χ0n) is 23.6. The summed E-state index contributed by atoms with van der Waals surface area (Å²) < 4.78 is 5.23. The van der Waals surface area contributed by atoms with Crippen molar-refractivity contribution in [1.29, 1.82) is 0 Å². The zero-order valence-corrected chi connectivity index (χ0v) is 23.6. The molecule has 2 N–H and O–H groups in total. The van der Waals surface area contributed by atoms with E-state index in [0.717, 1.165) is 55.5 Å². The van der Waals surface area contributed by atoms with Gasteiger partial charge in [0.25, 0.3) is 0 Å². The van der Waals surface area contributed by atoms with Crippen molar-refractivity contribution in [3.05, 3.63) is 107 Å². The number of carbonyl (C=O) groups excluding carboxylic acids is 1. The van der Waals surface area contributed by atoms with Gasteiger partial charge in [-0.3, -0.25) is 9.69 Å². The normalized spacial score (nSPS) is 16.1. The summed E-state index contributed by atoms with van der Waals surface area (Å²) in [6.07, 6.45) is 3.58. The summed E-state index contributed by atoms with van der Waals surface area (Å²) in [4.78, 5) is 14.4. The molecule has 5 nitrogen and oxygen atoms in total. The number of aliphatic hydroxyl groups excluding tert-OH is 1. The molecule has 1 aliphatic rings. The molecule has 208 valence electrons. The molecule has 0 radical (unpaired) electrons. The Kier molecular flexibility index (Phi) is 9.60. The van der Waals surface area contributed by atoms with Gasteiger partial charge in [-0.25, -0.2) is 0 Å². The smallest absolute Gasteiger partial charge is 0.315 e. The van der Waals surface area contributed by atoms with Gasteiger partial charge in [-0.05, 0) is 81.0 Å². The minimum absolute atomic E-state index is 0.0723. The van der Waals surface area contributed by atoms with Crippen molar-refractivity contribution < 1.29 is 19.7 Å². The highest BCUT2D eigenvalue weighted by Gasteiger charge is 2.42. The van der Waals surface area contributed by atoms with E-state index < -0.39 is 17.2 Å². The van der Waals surface area contributed by atoms with E-state index >= 15 is 0 Å². The lowest BCUT2D eigenvalue weighted by Gasteiger charge is -2.43. The fraction of sp³-hybridized carbons (Fsp3) is 0.441. The Balaban J connectivity index is 1.30. The number of ether oxygens (including phenoxy) is 1. The number of aryl methyl sites for hydroxylation is 1. The zero-order chi connectivity index (χ0) is 27.9. The first-order chi connectivity index (χ1) is 18.8. The SMILES string of the molecule is CCOC(=O)C(C)(C)c1ccc(CCCC(O)N2CCC(C(O)(c3ccccc3)c3ccccc3)CC2)cc1. The molecule has 1 aliphatic heterocycles.